The zero-order valence-electron chi connectivity index (χ0n) is 8.77. The summed E-state index contributed by atoms with van der Waals surface area (Å²) in [7, 11) is 0. The number of thiazole rings is 1. The Morgan fingerprint density at radius 3 is 3.12 bits per heavy atom. The molecule has 0 atom stereocenters. The molecule has 0 radical (unpaired) electrons. The van der Waals surface area contributed by atoms with Crippen LogP contribution in [0.4, 0.5) is 0 Å². The molecule has 1 N–H and O–H groups in total. The van der Waals surface area contributed by atoms with Gasteiger partial charge < -0.3 is 5.32 Å². The van der Waals surface area contributed by atoms with Gasteiger partial charge in [-0.2, -0.15) is 5.10 Å². The van der Waals surface area contributed by atoms with Gasteiger partial charge in [-0.05, 0) is 19.0 Å². The van der Waals surface area contributed by atoms with Gasteiger partial charge in [0.05, 0.1) is 6.20 Å². The number of rotatable bonds is 6. The molecule has 0 unspecified atom stereocenters. The molecule has 16 heavy (non-hydrogen) atoms. The van der Waals surface area contributed by atoms with E-state index in [4.69, 9.17) is 11.6 Å². The number of halogens is 1. The summed E-state index contributed by atoms with van der Waals surface area (Å²) in [5.41, 5.74) is 0. The summed E-state index contributed by atoms with van der Waals surface area (Å²) in [5, 5.41) is 8.49. The summed E-state index contributed by atoms with van der Waals surface area (Å²) in [6.45, 7) is 2.69. The maximum atomic E-state index is 5.78. The summed E-state index contributed by atoms with van der Waals surface area (Å²) in [4.78, 5) is 4.17. The van der Waals surface area contributed by atoms with Gasteiger partial charge in [0, 0.05) is 25.5 Å². The highest BCUT2D eigenvalue weighted by molar-refractivity contribution is 7.15. The van der Waals surface area contributed by atoms with Crippen LogP contribution in [0.1, 0.15) is 11.4 Å². The van der Waals surface area contributed by atoms with Crippen LogP contribution in [0.2, 0.25) is 4.34 Å². The van der Waals surface area contributed by atoms with E-state index in [0.717, 1.165) is 35.4 Å². The van der Waals surface area contributed by atoms with Gasteiger partial charge in [0.15, 0.2) is 0 Å². The second-order valence-corrected chi connectivity index (χ2v) is 5.10. The Balaban J connectivity index is 1.59. The Labute approximate surface area is 103 Å². The van der Waals surface area contributed by atoms with Gasteiger partial charge >= 0.3 is 0 Å². The lowest BCUT2D eigenvalue weighted by atomic mass is 10.4. The van der Waals surface area contributed by atoms with E-state index in [-0.39, 0.29) is 0 Å². The fourth-order valence-corrected chi connectivity index (χ4v) is 2.29. The average Bonchev–Trinajstić information content (AvgIpc) is 2.89. The summed E-state index contributed by atoms with van der Waals surface area (Å²) >= 11 is 7.30. The third-order valence-electron chi connectivity index (χ3n) is 2.10. The SMILES string of the molecule is Clc1cnc(CNCCCn2cccn2)s1. The Morgan fingerprint density at radius 2 is 2.44 bits per heavy atom. The van der Waals surface area contributed by atoms with Gasteiger partial charge in [-0.25, -0.2) is 4.98 Å². The van der Waals surface area contributed by atoms with Crippen LogP contribution in [0.3, 0.4) is 0 Å². The van der Waals surface area contributed by atoms with E-state index in [2.05, 4.69) is 15.4 Å². The topological polar surface area (TPSA) is 42.7 Å². The lowest BCUT2D eigenvalue weighted by Gasteiger charge is -2.02. The molecule has 86 valence electrons. The molecule has 6 heteroatoms. The summed E-state index contributed by atoms with van der Waals surface area (Å²) in [6, 6.07) is 1.94. The second kappa shape index (κ2) is 5.98. The van der Waals surface area contributed by atoms with Crippen LogP contribution in [0.25, 0.3) is 0 Å². The first-order valence-corrected chi connectivity index (χ1v) is 6.32. The van der Waals surface area contributed by atoms with Gasteiger partial charge in [0.2, 0.25) is 0 Å². The van der Waals surface area contributed by atoms with E-state index in [9.17, 15) is 0 Å². The Bertz CT molecular complexity index is 412. The summed E-state index contributed by atoms with van der Waals surface area (Å²) < 4.78 is 2.68. The molecule has 0 aliphatic heterocycles. The number of nitrogens with one attached hydrogen (secondary N) is 1. The van der Waals surface area contributed by atoms with Gasteiger partial charge in [-0.15, -0.1) is 11.3 Å². The van der Waals surface area contributed by atoms with Crippen LogP contribution in [0, 0.1) is 0 Å². The minimum Gasteiger partial charge on any atom is -0.310 e. The molecule has 4 nitrogen and oxygen atoms in total. The molecule has 0 saturated carbocycles. The molecule has 0 bridgehead atoms. The smallest absolute Gasteiger partial charge is 0.113 e. The maximum absolute atomic E-state index is 5.78. The van der Waals surface area contributed by atoms with E-state index in [1.165, 1.54) is 11.3 Å². The number of hydrogen-bond donors (Lipinski definition) is 1. The van der Waals surface area contributed by atoms with Crippen molar-refractivity contribution in [2.24, 2.45) is 0 Å². The van der Waals surface area contributed by atoms with Gasteiger partial charge in [-0.1, -0.05) is 11.6 Å². The highest BCUT2D eigenvalue weighted by atomic mass is 35.5. The van der Waals surface area contributed by atoms with Crippen molar-refractivity contribution in [1.29, 1.82) is 0 Å². The second-order valence-electron chi connectivity index (χ2n) is 3.36. The highest BCUT2D eigenvalue weighted by Crippen LogP contribution is 2.17. The Hall–Kier alpha value is -0.910. The van der Waals surface area contributed by atoms with E-state index < -0.39 is 0 Å². The van der Waals surface area contributed by atoms with Crippen molar-refractivity contribution < 1.29 is 0 Å². The third-order valence-corrected chi connectivity index (χ3v) is 3.22. The summed E-state index contributed by atoms with van der Waals surface area (Å²) in [6.07, 6.45) is 6.51. The van der Waals surface area contributed by atoms with Crippen molar-refractivity contribution in [1.82, 2.24) is 20.1 Å². The lowest BCUT2D eigenvalue weighted by molar-refractivity contribution is 0.543. The molecule has 0 saturated heterocycles. The Kier molecular flexibility index (Phi) is 4.33. The molecule has 0 amide bonds. The minimum absolute atomic E-state index is 0.744. The zero-order valence-corrected chi connectivity index (χ0v) is 10.3. The van der Waals surface area contributed by atoms with Crippen molar-refractivity contribution in [2.45, 2.75) is 19.5 Å². The molecule has 2 heterocycles. The van der Waals surface area contributed by atoms with Crippen molar-refractivity contribution >= 4 is 22.9 Å². The fourth-order valence-electron chi connectivity index (χ4n) is 1.36. The Morgan fingerprint density at radius 1 is 1.50 bits per heavy atom. The highest BCUT2D eigenvalue weighted by Gasteiger charge is 1.98. The van der Waals surface area contributed by atoms with Gasteiger partial charge in [0.25, 0.3) is 0 Å². The predicted octanol–water partition coefficient (Wildman–Crippen LogP) is 2.17. The van der Waals surface area contributed by atoms with Crippen LogP contribution in [-0.2, 0) is 13.1 Å². The molecule has 2 rings (SSSR count). The first kappa shape index (κ1) is 11.6. The van der Waals surface area contributed by atoms with Crippen LogP contribution in [0.5, 0.6) is 0 Å². The molecule has 0 spiro atoms. The normalized spacial score (nSPS) is 10.8. The molecule has 0 aliphatic rings. The van der Waals surface area contributed by atoms with Crippen LogP contribution in [0.15, 0.2) is 24.7 Å². The summed E-state index contributed by atoms with van der Waals surface area (Å²) in [5.74, 6) is 0. The maximum Gasteiger partial charge on any atom is 0.113 e. The lowest BCUT2D eigenvalue weighted by Crippen LogP contribution is -2.16. The molecule has 2 aromatic heterocycles. The van der Waals surface area contributed by atoms with Gasteiger partial charge in [0.1, 0.15) is 9.34 Å². The van der Waals surface area contributed by atoms with E-state index in [0.29, 0.717) is 0 Å². The zero-order chi connectivity index (χ0) is 11.2. The van der Waals surface area contributed by atoms with Crippen LogP contribution >= 0.6 is 22.9 Å². The van der Waals surface area contributed by atoms with Crippen LogP contribution < -0.4 is 5.32 Å². The standard InChI is InChI=1S/C10H13ClN4S/c11-9-7-13-10(16-9)8-12-3-1-5-15-6-2-4-14-15/h2,4,6-7,12H,1,3,5,8H2. The van der Waals surface area contributed by atoms with E-state index in [1.54, 1.807) is 12.4 Å². The van der Waals surface area contributed by atoms with Crippen LogP contribution in [-0.4, -0.2) is 21.3 Å². The third kappa shape index (κ3) is 3.59. The van der Waals surface area contributed by atoms with Crippen molar-refractivity contribution in [3.8, 4) is 0 Å². The van der Waals surface area contributed by atoms with E-state index in [1.807, 2.05) is 16.9 Å². The molecule has 0 aliphatic carbocycles. The molecule has 0 aromatic carbocycles. The van der Waals surface area contributed by atoms with Crippen molar-refractivity contribution in [3.05, 3.63) is 34.0 Å². The molecular formula is C10H13ClN4S. The first-order chi connectivity index (χ1) is 7.84. The molecule has 2 aromatic rings. The fraction of sp³-hybridized carbons (Fsp3) is 0.400. The first-order valence-electron chi connectivity index (χ1n) is 5.13. The number of aromatic nitrogens is 3. The predicted molar refractivity (Wildman–Crippen MR) is 65.7 cm³/mol. The monoisotopic (exact) mass is 256 g/mol. The van der Waals surface area contributed by atoms with Crippen molar-refractivity contribution in [2.75, 3.05) is 6.54 Å². The molecule has 0 fully saturated rings. The minimum atomic E-state index is 0.744. The number of hydrogen-bond acceptors (Lipinski definition) is 4. The molecular weight excluding hydrogens is 244 g/mol. The quantitative estimate of drug-likeness (QED) is 0.806. The average molecular weight is 257 g/mol. The number of aryl methyl sites for hydroxylation is 1. The van der Waals surface area contributed by atoms with E-state index >= 15 is 0 Å². The largest absolute Gasteiger partial charge is 0.310 e. The number of nitrogens with zero attached hydrogens (tertiary/aromatic N) is 3. The van der Waals surface area contributed by atoms with Crippen molar-refractivity contribution in [3.63, 3.8) is 0 Å². The van der Waals surface area contributed by atoms with Gasteiger partial charge in [-0.3, -0.25) is 4.68 Å².